The lowest BCUT2D eigenvalue weighted by Gasteiger charge is -2.29. The molecule has 0 atom stereocenters. The van der Waals surface area contributed by atoms with Crippen LogP contribution in [0.15, 0.2) is 59.5 Å². The van der Waals surface area contributed by atoms with Crippen molar-refractivity contribution in [1.29, 1.82) is 0 Å². The highest BCUT2D eigenvalue weighted by Gasteiger charge is 2.49. The SMILES string of the molecule is CCOC(=O)C(CC=C1c2ccccc2CSc2ccccc21)(NC(C)=O)C(=O)OCC. The number of nitrogens with one attached hydrogen (secondary N) is 1. The number of carbonyl (C=O) groups is 3. The Morgan fingerprint density at radius 1 is 0.969 bits per heavy atom. The second-order valence-electron chi connectivity index (χ2n) is 7.29. The van der Waals surface area contributed by atoms with Crippen molar-refractivity contribution in [2.45, 2.75) is 43.4 Å². The second-order valence-corrected chi connectivity index (χ2v) is 8.31. The molecule has 1 aliphatic heterocycles. The van der Waals surface area contributed by atoms with Crippen LogP contribution in [-0.2, 0) is 29.6 Å². The van der Waals surface area contributed by atoms with Crippen LogP contribution in [0.3, 0.4) is 0 Å². The predicted octanol–water partition coefficient (Wildman–Crippen LogP) is 4.12. The van der Waals surface area contributed by atoms with Crippen molar-refractivity contribution in [2.24, 2.45) is 0 Å². The maximum Gasteiger partial charge on any atom is 0.344 e. The third kappa shape index (κ3) is 4.88. The fourth-order valence-electron chi connectivity index (χ4n) is 3.71. The molecule has 0 fully saturated rings. The highest BCUT2D eigenvalue weighted by molar-refractivity contribution is 7.98. The molecule has 1 aliphatic rings. The Morgan fingerprint density at radius 3 is 2.19 bits per heavy atom. The van der Waals surface area contributed by atoms with E-state index < -0.39 is 23.4 Å². The lowest BCUT2D eigenvalue weighted by atomic mass is 9.88. The molecule has 0 saturated carbocycles. The van der Waals surface area contributed by atoms with Gasteiger partial charge >= 0.3 is 11.9 Å². The molecule has 2 aromatic carbocycles. The first kappa shape index (κ1) is 23.6. The van der Waals surface area contributed by atoms with E-state index in [2.05, 4.69) is 17.4 Å². The van der Waals surface area contributed by atoms with Gasteiger partial charge in [-0.3, -0.25) is 4.79 Å². The van der Waals surface area contributed by atoms with Crippen LogP contribution in [0.4, 0.5) is 0 Å². The molecule has 0 radical (unpaired) electrons. The van der Waals surface area contributed by atoms with Gasteiger partial charge in [0.05, 0.1) is 13.2 Å². The summed E-state index contributed by atoms with van der Waals surface area (Å²) in [4.78, 5) is 39.1. The molecular weight excluding hydrogens is 426 g/mol. The van der Waals surface area contributed by atoms with E-state index >= 15 is 0 Å². The first-order chi connectivity index (χ1) is 15.4. The van der Waals surface area contributed by atoms with Gasteiger partial charge in [-0.2, -0.15) is 0 Å². The topological polar surface area (TPSA) is 81.7 Å². The number of benzene rings is 2. The molecule has 168 valence electrons. The number of esters is 2. The van der Waals surface area contributed by atoms with Gasteiger partial charge in [0.25, 0.3) is 0 Å². The molecular formula is C25H27NO5S. The molecule has 0 spiro atoms. The minimum atomic E-state index is -1.96. The number of rotatable bonds is 7. The molecule has 32 heavy (non-hydrogen) atoms. The maximum atomic E-state index is 13.0. The van der Waals surface area contributed by atoms with E-state index in [0.717, 1.165) is 32.9 Å². The highest BCUT2D eigenvalue weighted by atomic mass is 32.2. The van der Waals surface area contributed by atoms with E-state index in [9.17, 15) is 14.4 Å². The van der Waals surface area contributed by atoms with Gasteiger partial charge in [-0.15, -0.1) is 11.8 Å². The van der Waals surface area contributed by atoms with Gasteiger partial charge in [-0.1, -0.05) is 48.5 Å². The average molecular weight is 454 g/mol. The summed E-state index contributed by atoms with van der Waals surface area (Å²) in [6, 6.07) is 16.1. The normalized spacial score (nSPS) is 14.0. The summed E-state index contributed by atoms with van der Waals surface area (Å²) in [7, 11) is 0. The predicted molar refractivity (Wildman–Crippen MR) is 124 cm³/mol. The molecule has 6 nitrogen and oxygen atoms in total. The van der Waals surface area contributed by atoms with Crippen molar-refractivity contribution >= 4 is 35.2 Å². The Kier molecular flexibility index (Phi) is 7.75. The minimum absolute atomic E-state index is 0.0679. The number of thioether (sulfide) groups is 1. The van der Waals surface area contributed by atoms with Gasteiger partial charge in [0.15, 0.2) is 0 Å². The molecule has 0 bridgehead atoms. The minimum Gasteiger partial charge on any atom is -0.464 e. The van der Waals surface area contributed by atoms with Crippen LogP contribution in [0.5, 0.6) is 0 Å². The van der Waals surface area contributed by atoms with Crippen molar-refractivity contribution in [3.05, 3.63) is 71.3 Å². The molecule has 0 saturated heterocycles. The lowest BCUT2D eigenvalue weighted by molar-refractivity contribution is -0.167. The molecule has 7 heteroatoms. The summed E-state index contributed by atoms with van der Waals surface area (Å²) in [5, 5.41) is 2.53. The molecule has 1 amide bonds. The Balaban J connectivity index is 2.16. The molecule has 0 unspecified atom stereocenters. The first-order valence-corrected chi connectivity index (χ1v) is 11.5. The Bertz CT molecular complexity index is 979. The van der Waals surface area contributed by atoms with Crippen LogP contribution < -0.4 is 5.32 Å². The smallest absolute Gasteiger partial charge is 0.344 e. The molecule has 0 aromatic heterocycles. The van der Waals surface area contributed by atoms with E-state index in [4.69, 9.17) is 9.47 Å². The fourth-order valence-corrected chi connectivity index (χ4v) is 4.78. The Labute approximate surface area is 192 Å². The zero-order valence-electron chi connectivity index (χ0n) is 18.5. The molecule has 1 N–H and O–H groups in total. The van der Waals surface area contributed by atoms with Crippen molar-refractivity contribution in [2.75, 3.05) is 13.2 Å². The van der Waals surface area contributed by atoms with Crippen LogP contribution in [0.25, 0.3) is 5.57 Å². The highest BCUT2D eigenvalue weighted by Crippen LogP contribution is 2.40. The lowest BCUT2D eigenvalue weighted by Crippen LogP contribution is -2.60. The second kappa shape index (κ2) is 10.5. The van der Waals surface area contributed by atoms with E-state index in [0.29, 0.717) is 0 Å². The van der Waals surface area contributed by atoms with Crippen LogP contribution in [-0.4, -0.2) is 36.6 Å². The summed E-state index contributed by atoms with van der Waals surface area (Å²) in [5.74, 6) is -1.40. The Hall–Kier alpha value is -3.06. The third-order valence-corrected chi connectivity index (χ3v) is 6.24. The van der Waals surface area contributed by atoms with E-state index in [1.54, 1.807) is 25.6 Å². The first-order valence-electron chi connectivity index (χ1n) is 10.6. The van der Waals surface area contributed by atoms with Crippen molar-refractivity contribution in [1.82, 2.24) is 5.32 Å². The molecule has 1 heterocycles. The quantitative estimate of drug-likeness (QED) is 0.502. The summed E-state index contributed by atoms with van der Waals surface area (Å²) in [6.07, 6.45) is 1.72. The number of carbonyl (C=O) groups excluding carboxylic acids is 3. The summed E-state index contributed by atoms with van der Waals surface area (Å²) >= 11 is 1.74. The van der Waals surface area contributed by atoms with Gasteiger partial charge < -0.3 is 14.8 Å². The van der Waals surface area contributed by atoms with E-state index in [-0.39, 0.29) is 19.6 Å². The number of ether oxygens (including phenoxy) is 2. The van der Waals surface area contributed by atoms with Gasteiger partial charge in [-0.05, 0) is 42.2 Å². The zero-order chi connectivity index (χ0) is 23.1. The van der Waals surface area contributed by atoms with Crippen LogP contribution in [0.2, 0.25) is 0 Å². The standard InChI is InChI=1S/C25H27NO5S/c1-4-30-23(28)25(26-17(3)27,24(29)31-5-2)15-14-20-19-11-7-6-10-18(19)16-32-22-13-9-8-12-21(20)22/h6-14H,4-5,15-16H2,1-3H3,(H,26,27). The van der Waals surface area contributed by atoms with Crippen LogP contribution in [0, 0.1) is 0 Å². The largest absolute Gasteiger partial charge is 0.464 e. The van der Waals surface area contributed by atoms with Gasteiger partial charge in [0, 0.05) is 24.0 Å². The average Bonchev–Trinajstić information content (AvgIpc) is 2.93. The fraction of sp³-hybridized carbons (Fsp3) is 0.320. The monoisotopic (exact) mass is 453 g/mol. The van der Waals surface area contributed by atoms with E-state index in [1.165, 1.54) is 6.92 Å². The van der Waals surface area contributed by atoms with Gasteiger partial charge in [-0.25, -0.2) is 9.59 Å². The van der Waals surface area contributed by atoms with Gasteiger partial charge in [0.1, 0.15) is 0 Å². The number of amides is 1. The molecule has 3 rings (SSSR count). The third-order valence-electron chi connectivity index (χ3n) is 5.12. The zero-order valence-corrected chi connectivity index (χ0v) is 19.3. The van der Waals surface area contributed by atoms with Crippen molar-refractivity contribution in [3.63, 3.8) is 0 Å². The molecule has 2 aromatic rings. The number of fused-ring (bicyclic) bond motifs is 2. The molecule has 0 aliphatic carbocycles. The maximum absolute atomic E-state index is 13.0. The van der Waals surface area contributed by atoms with Crippen molar-refractivity contribution in [3.8, 4) is 0 Å². The number of hydrogen-bond acceptors (Lipinski definition) is 6. The van der Waals surface area contributed by atoms with Crippen molar-refractivity contribution < 1.29 is 23.9 Å². The van der Waals surface area contributed by atoms with Crippen LogP contribution >= 0.6 is 11.8 Å². The van der Waals surface area contributed by atoms with Gasteiger partial charge in [0.2, 0.25) is 11.4 Å². The summed E-state index contributed by atoms with van der Waals surface area (Å²) in [5.41, 5.74) is 2.11. The number of hydrogen-bond donors (Lipinski definition) is 1. The van der Waals surface area contributed by atoms with Crippen LogP contribution in [0.1, 0.15) is 43.9 Å². The van der Waals surface area contributed by atoms with E-state index in [1.807, 2.05) is 42.5 Å². The summed E-state index contributed by atoms with van der Waals surface area (Å²) < 4.78 is 10.4. The Morgan fingerprint density at radius 2 is 1.56 bits per heavy atom. The summed E-state index contributed by atoms with van der Waals surface area (Å²) in [6.45, 7) is 4.69.